The first-order valence-electron chi connectivity index (χ1n) is 10.7. The number of imide groups is 1. The number of nitrogens with zero attached hydrogens (tertiary/aromatic N) is 1. The molecule has 1 saturated carbocycles. The molecule has 170 valence electrons. The fourth-order valence-corrected chi connectivity index (χ4v) is 5.03. The molecule has 3 rings (SSSR count). The maximum Gasteiger partial charge on any atom is 0.261 e. The second-order valence-electron chi connectivity index (χ2n) is 10.0. The van der Waals surface area contributed by atoms with Gasteiger partial charge in [-0.05, 0) is 50.0 Å². The van der Waals surface area contributed by atoms with Crippen molar-refractivity contribution in [2.75, 3.05) is 0 Å². The Balaban J connectivity index is 1.46. The number of hydrogen-bond donors (Lipinski definition) is 3. The van der Waals surface area contributed by atoms with E-state index in [1.54, 1.807) is 31.2 Å². The lowest BCUT2D eigenvalue weighted by Crippen LogP contribution is -2.57. The Bertz CT molecular complexity index is 841. The van der Waals surface area contributed by atoms with Crippen molar-refractivity contribution < 1.29 is 23.9 Å². The molecule has 0 saturated heterocycles. The molecule has 0 spiro atoms. The summed E-state index contributed by atoms with van der Waals surface area (Å²) in [7, 11) is -2.05. The lowest BCUT2D eigenvalue weighted by Gasteiger charge is -2.40. The van der Waals surface area contributed by atoms with E-state index in [0.29, 0.717) is 24.0 Å². The molecule has 1 aliphatic heterocycles. The Labute approximate surface area is 184 Å². The van der Waals surface area contributed by atoms with Gasteiger partial charge in [0.25, 0.3) is 11.8 Å². The van der Waals surface area contributed by atoms with Crippen LogP contribution in [-0.2, 0) is 9.22 Å². The van der Waals surface area contributed by atoms with Crippen LogP contribution in [-0.4, -0.2) is 54.4 Å². The number of fused-ring (bicyclic) bond motifs is 1. The molecule has 1 fully saturated rings. The lowest BCUT2D eigenvalue weighted by atomic mass is 9.79. The van der Waals surface area contributed by atoms with Gasteiger partial charge in [0.2, 0.25) is 5.91 Å². The van der Waals surface area contributed by atoms with Crippen LogP contribution in [0.25, 0.3) is 0 Å². The first-order valence-corrected chi connectivity index (χ1v) is 13.6. The summed E-state index contributed by atoms with van der Waals surface area (Å²) in [5, 5.41) is 10.3. The van der Waals surface area contributed by atoms with Crippen LogP contribution in [0.4, 0.5) is 0 Å². The van der Waals surface area contributed by atoms with Crippen LogP contribution in [0.1, 0.15) is 61.3 Å². The molecule has 2 atom stereocenters. The number of aliphatic hydroxyl groups is 1. The number of rotatable bonds is 7. The van der Waals surface area contributed by atoms with E-state index in [0.717, 1.165) is 0 Å². The van der Waals surface area contributed by atoms with Crippen LogP contribution in [0.5, 0.6) is 0 Å². The number of amides is 3. The minimum absolute atomic E-state index is 0.00920. The van der Waals surface area contributed by atoms with Crippen molar-refractivity contribution in [3.05, 3.63) is 35.4 Å². The largest absolute Gasteiger partial charge is 0.410 e. The van der Waals surface area contributed by atoms with Gasteiger partial charge in [0.1, 0.15) is 6.23 Å². The summed E-state index contributed by atoms with van der Waals surface area (Å²) < 4.78 is 6.13. The number of carbonyl (C=O) groups is 3. The highest BCUT2D eigenvalue weighted by atomic mass is 28.4. The van der Waals surface area contributed by atoms with Crippen molar-refractivity contribution in [3.63, 3.8) is 0 Å². The lowest BCUT2D eigenvalue weighted by molar-refractivity contribution is -0.132. The number of hydrogen-bond acceptors (Lipinski definition) is 6. The second-order valence-corrected chi connectivity index (χ2v) is 14.8. The van der Waals surface area contributed by atoms with Crippen LogP contribution >= 0.6 is 0 Å². The smallest absolute Gasteiger partial charge is 0.261 e. The van der Waals surface area contributed by atoms with Gasteiger partial charge in [-0.25, -0.2) is 5.43 Å². The van der Waals surface area contributed by atoms with Gasteiger partial charge in [-0.3, -0.25) is 24.7 Å². The average molecular weight is 448 g/mol. The maximum absolute atomic E-state index is 12.5. The van der Waals surface area contributed by atoms with Gasteiger partial charge >= 0.3 is 0 Å². The fraction of sp³-hybridized carbons (Fsp3) is 0.591. The van der Waals surface area contributed by atoms with Crippen LogP contribution in [0.3, 0.4) is 0 Å². The number of benzene rings is 1. The molecule has 3 amide bonds. The van der Waals surface area contributed by atoms with Crippen molar-refractivity contribution in [1.29, 1.82) is 0 Å². The standard InChI is InChI=1S/C22H33N3O5Si/c1-13(30-31(5,6)22(2,3)4)18(26)23-24-19(27)14-11-15(12-14)25-20(28)16-9-7-8-10-17(16)21(25)29/h7-10,13-15,18,23,26H,11-12H2,1-6H3,(H,24,27)/t13-,14?,15?,18?/m1/s1. The Hall–Kier alpha value is -2.07. The van der Waals surface area contributed by atoms with E-state index < -0.39 is 20.6 Å². The topological polar surface area (TPSA) is 108 Å². The molecule has 31 heavy (non-hydrogen) atoms. The van der Waals surface area contributed by atoms with Crippen LogP contribution in [0.15, 0.2) is 24.3 Å². The third kappa shape index (κ3) is 4.59. The number of nitrogens with one attached hydrogen (secondary N) is 2. The first kappa shape index (κ1) is 23.6. The third-order valence-corrected chi connectivity index (χ3v) is 11.3. The number of hydrazine groups is 1. The van der Waals surface area contributed by atoms with E-state index in [1.807, 2.05) is 0 Å². The summed E-state index contributed by atoms with van der Waals surface area (Å²) in [5.41, 5.74) is 6.01. The zero-order valence-corrected chi connectivity index (χ0v) is 20.1. The number of carbonyl (C=O) groups excluding carboxylic acids is 3. The molecule has 0 radical (unpaired) electrons. The highest BCUT2D eigenvalue weighted by Crippen LogP contribution is 2.38. The Kier molecular flexibility index (Phi) is 6.44. The molecule has 1 aromatic carbocycles. The van der Waals surface area contributed by atoms with Gasteiger partial charge in [-0.1, -0.05) is 32.9 Å². The summed E-state index contributed by atoms with van der Waals surface area (Å²) in [4.78, 5) is 38.8. The fourth-order valence-electron chi connectivity index (χ4n) is 3.62. The van der Waals surface area contributed by atoms with Crippen LogP contribution in [0.2, 0.25) is 18.1 Å². The van der Waals surface area contributed by atoms with Crippen molar-refractivity contribution >= 4 is 26.0 Å². The van der Waals surface area contributed by atoms with E-state index in [4.69, 9.17) is 4.43 Å². The Morgan fingerprint density at radius 2 is 1.68 bits per heavy atom. The van der Waals surface area contributed by atoms with Crippen molar-refractivity contribution in [2.45, 2.75) is 77.0 Å². The Morgan fingerprint density at radius 3 is 2.16 bits per heavy atom. The molecule has 1 unspecified atom stereocenters. The summed E-state index contributed by atoms with van der Waals surface area (Å²) >= 11 is 0. The predicted octanol–water partition coefficient (Wildman–Crippen LogP) is 2.41. The van der Waals surface area contributed by atoms with Gasteiger partial charge < -0.3 is 9.53 Å². The van der Waals surface area contributed by atoms with E-state index in [2.05, 4.69) is 44.7 Å². The van der Waals surface area contributed by atoms with Crippen LogP contribution in [0, 0.1) is 5.92 Å². The third-order valence-electron chi connectivity index (χ3n) is 6.75. The number of aliphatic hydroxyl groups excluding tert-OH is 1. The van der Waals surface area contributed by atoms with Gasteiger partial charge in [0.05, 0.1) is 17.2 Å². The summed E-state index contributed by atoms with van der Waals surface area (Å²) in [6, 6.07) is 6.48. The molecule has 0 bridgehead atoms. The molecule has 1 aromatic rings. The van der Waals surface area contributed by atoms with E-state index >= 15 is 0 Å². The van der Waals surface area contributed by atoms with E-state index in [1.165, 1.54) is 4.90 Å². The zero-order chi connectivity index (χ0) is 23.1. The van der Waals surface area contributed by atoms with Gasteiger partial charge in [0.15, 0.2) is 8.32 Å². The predicted molar refractivity (Wildman–Crippen MR) is 118 cm³/mol. The highest BCUT2D eigenvalue weighted by Gasteiger charge is 2.47. The minimum atomic E-state index is -2.05. The quantitative estimate of drug-likeness (QED) is 0.256. The maximum atomic E-state index is 12.5. The first-order chi connectivity index (χ1) is 14.3. The molecular weight excluding hydrogens is 414 g/mol. The molecule has 8 nitrogen and oxygen atoms in total. The normalized spacial score (nSPS) is 23.3. The van der Waals surface area contributed by atoms with Crippen molar-refractivity contribution in [1.82, 2.24) is 15.8 Å². The van der Waals surface area contributed by atoms with Gasteiger partial charge in [-0.2, -0.15) is 0 Å². The van der Waals surface area contributed by atoms with E-state index in [-0.39, 0.29) is 34.7 Å². The van der Waals surface area contributed by atoms with Crippen molar-refractivity contribution in [2.24, 2.45) is 5.92 Å². The summed E-state index contributed by atoms with van der Waals surface area (Å²) in [5.74, 6) is -1.19. The van der Waals surface area contributed by atoms with Crippen molar-refractivity contribution in [3.8, 4) is 0 Å². The molecule has 0 aromatic heterocycles. The average Bonchev–Trinajstić information content (AvgIpc) is 2.89. The molecule has 9 heteroatoms. The summed E-state index contributed by atoms with van der Waals surface area (Å²) in [6.07, 6.45) is -0.727. The molecule has 3 N–H and O–H groups in total. The summed E-state index contributed by atoms with van der Waals surface area (Å²) in [6.45, 7) is 12.3. The highest BCUT2D eigenvalue weighted by molar-refractivity contribution is 6.74. The molecule has 1 heterocycles. The molecular formula is C22H33N3O5Si. The second kappa shape index (κ2) is 8.46. The monoisotopic (exact) mass is 447 g/mol. The molecule has 1 aliphatic carbocycles. The van der Waals surface area contributed by atoms with Gasteiger partial charge in [-0.15, -0.1) is 0 Å². The molecule has 2 aliphatic rings. The Morgan fingerprint density at radius 1 is 1.16 bits per heavy atom. The van der Waals surface area contributed by atoms with Gasteiger partial charge in [0, 0.05) is 12.0 Å². The van der Waals surface area contributed by atoms with E-state index in [9.17, 15) is 19.5 Å². The van der Waals surface area contributed by atoms with Crippen LogP contribution < -0.4 is 10.9 Å². The zero-order valence-electron chi connectivity index (χ0n) is 19.1. The minimum Gasteiger partial charge on any atom is -0.410 e. The SMILES string of the molecule is C[C@@H](O[Si](C)(C)C(C)(C)C)C(O)NNC(=O)C1CC(N2C(=O)c3ccccc3C2=O)C1.